The number of nitrogens with one attached hydrogen (secondary N) is 1. The first-order valence-electron chi connectivity index (χ1n) is 9.29. The lowest BCUT2D eigenvalue weighted by atomic mass is 10.2. The number of anilines is 1. The molecule has 158 valence electrons. The lowest BCUT2D eigenvalue weighted by Gasteiger charge is -2.36. The molecule has 1 aliphatic heterocycles. The zero-order chi connectivity index (χ0) is 20.1. The minimum atomic E-state index is 0. The molecule has 1 aromatic carbocycles. The quantitative estimate of drug-likeness (QED) is 0.307. The van der Waals surface area contributed by atoms with Crippen LogP contribution in [0, 0.1) is 0 Å². The summed E-state index contributed by atoms with van der Waals surface area (Å²) in [5.74, 6) is 2.58. The summed E-state index contributed by atoms with van der Waals surface area (Å²) in [5.41, 5.74) is 0.855. The highest BCUT2D eigenvalue weighted by atomic mass is 127. The molecule has 1 N–H and O–H groups in total. The second kappa shape index (κ2) is 10.5. The maximum Gasteiger partial charge on any atom is 0.246 e. The van der Waals surface area contributed by atoms with Crippen molar-refractivity contribution < 1.29 is 4.52 Å². The van der Waals surface area contributed by atoms with E-state index in [-0.39, 0.29) is 24.0 Å². The molecule has 0 unspecified atom stereocenters. The first-order chi connectivity index (χ1) is 14.2. The van der Waals surface area contributed by atoms with Crippen LogP contribution in [0.25, 0.3) is 11.4 Å². The van der Waals surface area contributed by atoms with Crippen LogP contribution in [0.4, 0.5) is 5.95 Å². The lowest BCUT2D eigenvalue weighted by molar-refractivity contribution is 0.354. The summed E-state index contributed by atoms with van der Waals surface area (Å²) in [7, 11) is 1.77. The van der Waals surface area contributed by atoms with E-state index in [2.05, 4.69) is 40.2 Å². The maximum atomic E-state index is 5.92. The third-order valence-corrected chi connectivity index (χ3v) is 4.85. The van der Waals surface area contributed by atoms with Crippen LogP contribution in [-0.4, -0.2) is 64.2 Å². The zero-order valence-electron chi connectivity index (χ0n) is 16.4. The van der Waals surface area contributed by atoms with Gasteiger partial charge < -0.3 is 19.6 Å². The van der Waals surface area contributed by atoms with Crippen molar-refractivity contribution in [3.63, 3.8) is 0 Å². The highest BCUT2D eigenvalue weighted by Gasteiger charge is 2.21. The van der Waals surface area contributed by atoms with Crippen molar-refractivity contribution in [3.05, 3.63) is 53.6 Å². The van der Waals surface area contributed by atoms with Crippen molar-refractivity contribution in [2.75, 3.05) is 38.1 Å². The van der Waals surface area contributed by atoms with Crippen LogP contribution in [0.3, 0.4) is 0 Å². The SMILES string of the molecule is CN=C(NCc1nc(-c2ccc(Cl)cc2)no1)N1CCN(c2ncccn2)CC1.I. The van der Waals surface area contributed by atoms with Crippen LogP contribution in [0.5, 0.6) is 0 Å². The number of piperazine rings is 1. The summed E-state index contributed by atoms with van der Waals surface area (Å²) in [6.07, 6.45) is 3.52. The van der Waals surface area contributed by atoms with E-state index >= 15 is 0 Å². The Morgan fingerprint density at radius 3 is 2.50 bits per heavy atom. The van der Waals surface area contributed by atoms with Crippen LogP contribution in [0.2, 0.25) is 5.02 Å². The van der Waals surface area contributed by atoms with Gasteiger partial charge in [0.1, 0.15) is 0 Å². The van der Waals surface area contributed by atoms with E-state index in [0.29, 0.717) is 23.3 Å². The van der Waals surface area contributed by atoms with Gasteiger partial charge in [-0.25, -0.2) is 9.97 Å². The third kappa shape index (κ3) is 5.36. The van der Waals surface area contributed by atoms with E-state index in [0.717, 1.165) is 43.7 Å². The van der Waals surface area contributed by atoms with Gasteiger partial charge in [-0.05, 0) is 30.3 Å². The smallest absolute Gasteiger partial charge is 0.246 e. The van der Waals surface area contributed by atoms with Gasteiger partial charge in [-0.1, -0.05) is 16.8 Å². The van der Waals surface area contributed by atoms with Crippen molar-refractivity contribution in [1.82, 2.24) is 30.3 Å². The van der Waals surface area contributed by atoms with Gasteiger partial charge in [0.05, 0.1) is 6.54 Å². The predicted octanol–water partition coefficient (Wildman–Crippen LogP) is 2.70. The number of guanidine groups is 1. The first-order valence-corrected chi connectivity index (χ1v) is 9.67. The fraction of sp³-hybridized carbons (Fsp3) is 0.316. The molecule has 0 radical (unpaired) electrons. The molecule has 3 aromatic rings. The Morgan fingerprint density at radius 2 is 1.83 bits per heavy atom. The van der Waals surface area contributed by atoms with Gasteiger partial charge in [-0.3, -0.25) is 4.99 Å². The van der Waals surface area contributed by atoms with Crippen LogP contribution >= 0.6 is 35.6 Å². The van der Waals surface area contributed by atoms with Crippen molar-refractivity contribution in [2.45, 2.75) is 6.54 Å². The highest BCUT2D eigenvalue weighted by molar-refractivity contribution is 14.0. The van der Waals surface area contributed by atoms with E-state index < -0.39 is 0 Å². The zero-order valence-corrected chi connectivity index (χ0v) is 19.5. The molecular weight excluding hydrogens is 519 g/mol. The summed E-state index contributed by atoms with van der Waals surface area (Å²) in [6, 6.07) is 9.14. The van der Waals surface area contributed by atoms with Gasteiger partial charge in [-0.2, -0.15) is 4.98 Å². The third-order valence-electron chi connectivity index (χ3n) is 4.59. The summed E-state index contributed by atoms with van der Waals surface area (Å²) >= 11 is 5.92. The van der Waals surface area contributed by atoms with E-state index in [4.69, 9.17) is 16.1 Å². The Morgan fingerprint density at radius 1 is 1.13 bits per heavy atom. The van der Waals surface area contributed by atoms with Crippen LogP contribution < -0.4 is 10.2 Å². The molecule has 1 saturated heterocycles. The van der Waals surface area contributed by atoms with Crippen molar-refractivity contribution in [2.24, 2.45) is 4.99 Å². The average Bonchev–Trinajstić information content (AvgIpc) is 3.25. The fourth-order valence-corrected chi connectivity index (χ4v) is 3.23. The van der Waals surface area contributed by atoms with E-state index in [1.165, 1.54) is 0 Å². The van der Waals surface area contributed by atoms with Gasteiger partial charge in [0.15, 0.2) is 5.96 Å². The summed E-state index contributed by atoms with van der Waals surface area (Å²) in [4.78, 5) is 21.8. The van der Waals surface area contributed by atoms with Gasteiger partial charge in [0.25, 0.3) is 0 Å². The number of nitrogens with zero attached hydrogens (tertiary/aromatic N) is 7. The Bertz CT molecular complexity index is 958. The molecule has 0 spiro atoms. The molecular formula is C19H22ClIN8O. The number of hydrogen-bond acceptors (Lipinski definition) is 7. The first kappa shape index (κ1) is 22.2. The lowest BCUT2D eigenvalue weighted by Crippen LogP contribution is -2.52. The molecule has 2 aromatic heterocycles. The number of aliphatic imine (C=N–C) groups is 1. The number of aromatic nitrogens is 4. The minimum Gasteiger partial charge on any atom is -0.347 e. The van der Waals surface area contributed by atoms with Crippen molar-refractivity contribution in [3.8, 4) is 11.4 Å². The molecule has 0 amide bonds. The Labute approximate surface area is 196 Å². The molecule has 0 aliphatic carbocycles. The van der Waals surface area contributed by atoms with Crippen molar-refractivity contribution in [1.29, 1.82) is 0 Å². The molecule has 0 bridgehead atoms. The summed E-state index contributed by atoms with van der Waals surface area (Å²) in [6.45, 7) is 3.68. The monoisotopic (exact) mass is 540 g/mol. The van der Waals surface area contributed by atoms with Crippen LogP contribution in [0.1, 0.15) is 5.89 Å². The second-order valence-electron chi connectivity index (χ2n) is 6.44. The number of benzene rings is 1. The van der Waals surface area contributed by atoms with E-state index in [9.17, 15) is 0 Å². The Hall–Kier alpha value is -2.47. The number of hydrogen-bond donors (Lipinski definition) is 1. The molecule has 1 fully saturated rings. The second-order valence-corrected chi connectivity index (χ2v) is 6.88. The molecule has 0 saturated carbocycles. The van der Waals surface area contributed by atoms with Crippen LogP contribution in [-0.2, 0) is 6.54 Å². The minimum absolute atomic E-state index is 0. The molecule has 0 atom stereocenters. The molecule has 3 heterocycles. The van der Waals surface area contributed by atoms with Crippen molar-refractivity contribution >= 4 is 47.5 Å². The average molecular weight is 541 g/mol. The van der Waals surface area contributed by atoms with Gasteiger partial charge >= 0.3 is 0 Å². The fourth-order valence-electron chi connectivity index (χ4n) is 3.10. The van der Waals surface area contributed by atoms with Gasteiger partial charge in [0, 0.05) is 56.2 Å². The maximum absolute atomic E-state index is 5.92. The Kier molecular flexibility index (Phi) is 7.80. The Balaban J connectivity index is 0.00000256. The normalized spacial score (nSPS) is 14.4. The standard InChI is InChI=1S/C19H21ClN8O.HI/c1-21-18(27-9-11-28(12-10-27)19-22-7-2-8-23-19)24-13-16-25-17(26-29-16)14-3-5-15(20)6-4-14;/h2-8H,9-13H2,1H3,(H,21,24);1H. The van der Waals surface area contributed by atoms with Crippen LogP contribution in [0.15, 0.2) is 52.2 Å². The topological polar surface area (TPSA) is 95.6 Å². The molecule has 9 nitrogen and oxygen atoms in total. The molecule has 30 heavy (non-hydrogen) atoms. The molecule has 11 heteroatoms. The predicted molar refractivity (Wildman–Crippen MR) is 126 cm³/mol. The molecule has 4 rings (SSSR count). The summed E-state index contributed by atoms with van der Waals surface area (Å²) in [5, 5.41) is 7.99. The van der Waals surface area contributed by atoms with Gasteiger partial charge in [-0.15, -0.1) is 24.0 Å². The largest absolute Gasteiger partial charge is 0.347 e. The molecule has 1 aliphatic rings. The van der Waals surface area contributed by atoms with E-state index in [1.807, 2.05) is 18.2 Å². The summed E-state index contributed by atoms with van der Waals surface area (Å²) < 4.78 is 5.35. The van der Waals surface area contributed by atoms with Gasteiger partial charge in [0.2, 0.25) is 17.7 Å². The van der Waals surface area contributed by atoms with E-state index in [1.54, 1.807) is 31.6 Å². The number of halogens is 2. The number of rotatable bonds is 4. The highest BCUT2D eigenvalue weighted by Crippen LogP contribution is 2.18.